The predicted molar refractivity (Wildman–Crippen MR) is 141 cm³/mol. The summed E-state index contributed by atoms with van der Waals surface area (Å²) >= 11 is 2.75. The fourth-order valence-corrected chi connectivity index (χ4v) is 5.92. The van der Waals surface area contributed by atoms with Gasteiger partial charge in [-0.2, -0.15) is 0 Å². The fraction of sp³-hybridized carbons (Fsp3) is 0.148. The van der Waals surface area contributed by atoms with Crippen molar-refractivity contribution in [1.29, 1.82) is 0 Å². The molecule has 4 aromatic rings. The van der Waals surface area contributed by atoms with Gasteiger partial charge in [0.1, 0.15) is 5.76 Å². The Morgan fingerprint density at radius 1 is 1.06 bits per heavy atom. The topological polar surface area (TPSA) is 96.3 Å². The number of anilines is 1. The molecule has 1 N–H and O–H groups in total. The number of carbonyl (C=O) groups excluding carboxylic acids is 2. The van der Waals surface area contributed by atoms with Crippen molar-refractivity contribution in [3.05, 3.63) is 106 Å². The van der Waals surface area contributed by atoms with E-state index in [0.717, 1.165) is 16.7 Å². The number of aliphatic hydroxyl groups is 1. The second-order valence-electron chi connectivity index (χ2n) is 8.40. The number of hydrogen-bond acceptors (Lipinski definition) is 8. The molecule has 180 valence electrons. The fourth-order valence-electron chi connectivity index (χ4n) is 4.10. The summed E-state index contributed by atoms with van der Waals surface area (Å²) < 4.78 is 0.676. The number of aryl methyl sites for hydroxylation is 2. The molecular weight excluding hydrogens is 492 g/mol. The van der Waals surface area contributed by atoms with Crippen LogP contribution in [-0.4, -0.2) is 32.0 Å². The highest BCUT2D eigenvalue weighted by molar-refractivity contribution is 8.00. The highest BCUT2D eigenvalue weighted by Crippen LogP contribution is 2.44. The Hall–Kier alpha value is -3.82. The first-order valence-corrected chi connectivity index (χ1v) is 13.0. The molecule has 0 aliphatic carbocycles. The van der Waals surface area contributed by atoms with Gasteiger partial charge in [0.25, 0.3) is 5.78 Å². The van der Waals surface area contributed by atoms with Crippen LogP contribution in [0.3, 0.4) is 0 Å². The number of Topliss-reactive ketones (excluding diaryl/α,β-unsaturated/α-hetero) is 1. The highest BCUT2D eigenvalue weighted by Gasteiger charge is 2.48. The Morgan fingerprint density at radius 2 is 1.86 bits per heavy atom. The van der Waals surface area contributed by atoms with Crippen LogP contribution in [-0.2, 0) is 15.3 Å². The lowest BCUT2D eigenvalue weighted by atomic mass is 9.94. The van der Waals surface area contributed by atoms with Crippen LogP contribution in [0.25, 0.3) is 5.76 Å². The molecule has 2 aromatic heterocycles. The molecule has 1 aliphatic heterocycles. The van der Waals surface area contributed by atoms with E-state index in [2.05, 4.69) is 15.2 Å². The minimum absolute atomic E-state index is 0.00962. The molecule has 36 heavy (non-hydrogen) atoms. The van der Waals surface area contributed by atoms with Crippen molar-refractivity contribution in [3.8, 4) is 0 Å². The number of pyridine rings is 1. The molecule has 1 saturated heterocycles. The minimum atomic E-state index is -0.876. The van der Waals surface area contributed by atoms with Crippen molar-refractivity contribution in [3.63, 3.8) is 0 Å². The maximum Gasteiger partial charge on any atom is 0.301 e. The molecule has 0 saturated carbocycles. The molecule has 1 aliphatic rings. The van der Waals surface area contributed by atoms with Gasteiger partial charge in [0.15, 0.2) is 4.34 Å². The molecule has 9 heteroatoms. The number of carbonyl (C=O) groups is 2. The van der Waals surface area contributed by atoms with Crippen molar-refractivity contribution in [2.24, 2.45) is 0 Å². The van der Waals surface area contributed by atoms with Gasteiger partial charge in [-0.15, -0.1) is 10.2 Å². The number of ketones is 1. The smallest absolute Gasteiger partial charge is 0.301 e. The maximum absolute atomic E-state index is 13.3. The molecule has 0 radical (unpaired) electrons. The van der Waals surface area contributed by atoms with E-state index in [1.165, 1.54) is 28.0 Å². The molecule has 1 amide bonds. The lowest BCUT2D eigenvalue weighted by molar-refractivity contribution is -0.132. The van der Waals surface area contributed by atoms with Gasteiger partial charge in [-0.3, -0.25) is 19.5 Å². The summed E-state index contributed by atoms with van der Waals surface area (Å²) in [7, 11) is 0. The van der Waals surface area contributed by atoms with Crippen LogP contribution in [0.5, 0.6) is 0 Å². The van der Waals surface area contributed by atoms with Crippen molar-refractivity contribution in [2.45, 2.75) is 30.0 Å². The molecule has 5 rings (SSSR count). The van der Waals surface area contributed by atoms with Gasteiger partial charge in [0.2, 0.25) is 5.13 Å². The zero-order valence-electron chi connectivity index (χ0n) is 19.6. The van der Waals surface area contributed by atoms with E-state index in [1.54, 1.807) is 24.5 Å². The Morgan fingerprint density at radius 3 is 2.61 bits per heavy atom. The van der Waals surface area contributed by atoms with E-state index in [9.17, 15) is 14.7 Å². The number of aliphatic hydroxyl groups excluding tert-OH is 1. The average molecular weight is 515 g/mol. The summed E-state index contributed by atoms with van der Waals surface area (Å²) in [6, 6.07) is 18.2. The third-order valence-corrected chi connectivity index (χ3v) is 8.03. The first-order valence-electron chi connectivity index (χ1n) is 11.2. The summed E-state index contributed by atoms with van der Waals surface area (Å²) in [4.78, 5) is 32.1. The molecule has 0 spiro atoms. The largest absolute Gasteiger partial charge is 0.507 e. The van der Waals surface area contributed by atoms with Crippen molar-refractivity contribution >= 4 is 45.7 Å². The SMILES string of the molecule is Cc1ccc(C)c(/C(O)=C2\C(=O)C(=O)N(c3nnc(SCc4ccccc4)s3)C2c2cccnc2)c1. The number of amides is 1. The first-order chi connectivity index (χ1) is 17.4. The predicted octanol–water partition coefficient (Wildman–Crippen LogP) is 5.47. The summed E-state index contributed by atoms with van der Waals surface area (Å²) in [5.74, 6) is -1.04. The molecule has 1 unspecified atom stereocenters. The average Bonchev–Trinajstić information content (AvgIpc) is 3.47. The van der Waals surface area contributed by atoms with Gasteiger partial charge >= 0.3 is 5.91 Å². The monoisotopic (exact) mass is 514 g/mol. The van der Waals surface area contributed by atoms with Crippen LogP contribution in [0.15, 0.2) is 83.0 Å². The standard InChI is InChI=1S/C27H22N4O3S2/c1-16-10-11-17(2)20(13-16)23(32)21-22(19-9-6-12-28-14-19)31(25(34)24(21)33)26-29-30-27(36-26)35-15-18-7-4-3-5-8-18/h3-14,22,32H,15H2,1-2H3/b23-21+. The zero-order valence-corrected chi connectivity index (χ0v) is 21.2. The molecular formula is C27H22N4O3S2. The zero-order chi connectivity index (χ0) is 25.2. The van der Waals surface area contributed by atoms with Gasteiger partial charge < -0.3 is 5.11 Å². The lowest BCUT2D eigenvalue weighted by Gasteiger charge is -2.22. The maximum atomic E-state index is 13.3. The lowest BCUT2D eigenvalue weighted by Crippen LogP contribution is -2.29. The highest BCUT2D eigenvalue weighted by atomic mass is 32.2. The van der Waals surface area contributed by atoms with E-state index < -0.39 is 17.7 Å². The number of aromatic nitrogens is 3. The number of benzene rings is 2. The molecule has 3 heterocycles. The van der Waals surface area contributed by atoms with Gasteiger partial charge in [-0.05, 0) is 42.7 Å². The number of thioether (sulfide) groups is 1. The van der Waals surface area contributed by atoms with Crippen LogP contribution in [0.4, 0.5) is 5.13 Å². The quantitative estimate of drug-likeness (QED) is 0.120. The van der Waals surface area contributed by atoms with Gasteiger partial charge in [-0.1, -0.05) is 77.2 Å². The Bertz CT molecular complexity index is 1470. The Labute approximate surface area is 216 Å². The van der Waals surface area contributed by atoms with Gasteiger partial charge in [0, 0.05) is 23.7 Å². The van der Waals surface area contributed by atoms with Crippen LogP contribution in [0, 0.1) is 13.8 Å². The molecule has 1 fully saturated rings. The second kappa shape index (κ2) is 10.0. The molecule has 1 atom stereocenters. The summed E-state index contributed by atoms with van der Waals surface area (Å²) in [6.45, 7) is 3.76. The van der Waals surface area contributed by atoms with Crippen molar-refractivity contribution in [1.82, 2.24) is 15.2 Å². The van der Waals surface area contributed by atoms with Gasteiger partial charge in [0.05, 0.1) is 11.6 Å². The number of nitrogens with zero attached hydrogens (tertiary/aromatic N) is 4. The molecule has 0 bridgehead atoms. The molecule has 7 nitrogen and oxygen atoms in total. The number of rotatable bonds is 6. The van der Waals surface area contributed by atoms with E-state index in [0.29, 0.717) is 26.4 Å². The molecule has 2 aromatic carbocycles. The van der Waals surface area contributed by atoms with Gasteiger partial charge in [-0.25, -0.2) is 0 Å². The number of hydrogen-bond donors (Lipinski definition) is 1. The third-order valence-electron chi connectivity index (χ3n) is 5.90. The normalized spacial score (nSPS) is 17.1. The van der Waals surface area contributed by atoms with E-state index in [-0.39, 0.29) is 11.3 Å². The van der Waals surface area contributed by atoms with Crippen molar-refractivity contribution in [2.75, 3.05) is 4.90 Å². The van der Waals surface area contributed by atoms with Crippen LogP contribution in [0.2, 0.25) is 0 Å². The van der Waals surface area contributed by atoms with Crippen LogP contribution < -0.4 is 4.90 Å². The minimum Gasteiger partial charge on any atom is -0.507 e. The van der Waals surface area contributed by atoms with Crippen molar-refractivity contribution < 1.29 is 14.7 Å². The summed E-state index contributed by atoms with van der Waals surface area (Å²) in [5.41, 5.74) is 3.98. The second-order valence-corrected chi connectivity index (χ2v) is 10.6. The Kier molecular flexibility index (Phi) is 6.67. The Balaban J connectivity index is 1.56. The van der Waals surface area contributed by atoms with Crippen LogP contribution >= 0.6 is 23.1 Å². The van der Waals surface area contributed by atoms with E-state index in [1.807, 2.05) is 62.4 Å². The van der Waals surface area contributed by atoms with Crippen LogP contribution in [0.1, 0.15) is 33.9 Å². The van der Waals surface area contributed by atoms with E-state index in [4.69, 9.17) is 0 Å². The first kappa shape index (κ1) is 23.9. The third kappa shape index (κ3) is 4.55. The summed E-state index contributed by atoms with van der Waals surface area (Å²) in [6.07, 6.45) is 3.20. The summed E-state index contributed by atoms with van der Waals surface area (Å²) in [5, 5.41) is 20.1. The van der Waals surface area contributed by atoms with E-state index >= 15 is 0 Å².